The Morgan fingerprint density at radius 1 is 1.40 bits per heavy atom. The fourth-order valence-corrected chi connectivity index (χ4v) is 3.77. The molecule has 20 heavy (non-hydrogen) atoms. The van der Waals surface area contributed by atoms with Crippen molar-refractivity contribution in [3.63, 3.8) is 0 Å². The van der Waals surface area contributed by atoms with Crippen LogP contribution in [0.4, 0.5) is 0 Å². The highest BCUT2D eigenvalue weighted by Gasteiger charge is 2.28. The molecule has 0 saturated carbocycles. The Morgan fingerprint density at radius 2 is 2.10 bits per heavy atom. The van der Waals surface area contributed by atoms with E-state index in [1.807, 2.05) is 47.0 Å². The molecule has 1 saturated heterocycles. The van der Waals surface area contributed by atoms with Gasteiger partial charge in [-0.3, -0.25) is 4.79 Å². The highest BCUT2D eigenvalue weighted by Crippen LogP contribution is 2.25. The Labute approximate surface area is 125 Å². The maximum absolute atomic E-state index is 12.5. The second-order valence-electron chi connectivity index (χ2n) is 5.73. The summed E-state index contributed by atoms with van der Waals surface area (Å²) < 4.78 is 0. The highest BCUT2D eigenvalue weighted by atomic mass is 32.2. The van der Waals surface area contributed by atoms with E-state index >= 15 is 0 Å². The molecule has 1 aromatic carbocycles. The number of rotatable bonds is 4. The van der Waals surface area contributed by atoms with E-state index in [2.05, 4.69) is 13.8 Å². The second-order valence-corrected chi connectivity index (χ2v) is 7.08. The molecular formula is C16H24N2OS. The van der Waals surface area contributed by atoms with Crippen LogP contribution < -0.4 is 5.73 Å². The largest absolute Gasteiger partial charge is 0.339 e. The summed E-state index contributed by atoms with van der Waals surface area (Å²) in [6.45, 7) is 6.10. The van der Waals surface area contributed by atoms with Crippen LogP contribution in [0.15, 0.2) is 30.3 Å². The number of carbonyl (C=O) groups excluding carboxylic acids is 1. The van der Waals surface area contributed by atoms with Gasteiger partial charge in [0.15, 0.2) is 0 Å². The number of hydrogen-bond donors (Lipinski definition) is 1. The van der Waals surface area contributed by atoms with Gasteiger partial charge in [0.1, 0.15) is 0 Å². The summed E-state index contributed by atoms with van der Waals surface area (Å²) in [6, 6.07) is 9.57. The molecule has 1 aromatic rings. The molecule has 2 rings (SSSR count). The van der Waals surface area contributed by atoms with Gasteiger partial charge in [0.25, 0.3) is 0 Å². The van der Waals surface area contributed by atoms with Gasteiger partial charge in [-0.15, -0.1) is 0 Å². The smallest absolute Gasteiger partial charge is 0.239 e. The van der Waals surface area contributed by atoms with Crippen LogP contribution >= 0.6 is 11.8 Å². The molecule has 110 valence electrons. The van der Waals surface area contributed by atoms with Gasteiger partial charge < -0.3 is 10.6 Å². The van der Waals surface area contributed by atoms with Gasteiger partial charge in [-0.25, -0.2) is 0 Å². The standard InChI is InChI=1S/C16H24N2OS/c1-12(2)15-11-18(8-9-20-15)16(19)14(17)10-13-6-4-3-5-7-13/h3-7,12,14-15H,8-11,17H2,1-2H3/t14-,15-/m1/s1. The Kier molecular flexibility index (Phi) is 5.49. The van der Waals surface area contributed by atoms with Crippen molar-refractivity contribution in [1.29, 1.82) is 0 Å². The Hall–Kier alpha value is -1.00. The molecule has 2 atom stereocenters. The first-order chi connectivity index (χ1) is 9.58. The molecule has 1 fully saturated rings. The van der Waals surface area contributed by atoms with Crippen molar-refractivity contribution < 1.29 is 4.79 Å². The minimum Gasteiger partial charge on any atom is -0.339 e. The van der Waals surface area contributed by atoms with Crippen LogP contribution in [-0.4, -0.2) is 40.9 Å². The number of hydrogen-bond acceptors (Lipinski definition) is 3. The fourth-order valence-electron chi connectivity index (χ4n) is 2.47. The van der Waals surface area contributed by atoms with Gasteiger partial charge in [-0.05, 0) is 17.9 Å². The lowest BCUT2D eigenvalue weighted by Gasteiger charge is -2.35. The first kappa shape index (κ1) is 15.4. The molecule has 0 spiro atoms. The van der Waals surface area contributed by atoms with Crippen molar-refractivity contribution in [2.45, 2.75) is 31.6 Å². The number of nitrogens with zero attached hydrogens (tertiary/aromatic N) is 1. The lowest BCUT2D eigenvalue weighted by molar-refractivity contribution is -0.132. The predicted molar refractivity (Wildman–Crippen MR) is 85.8 cm³/mol. The van der Waals surface area contributed by atoms with Crippen LogP contribution in [0.1, 0.15) is 19.4 Å². The van der Waals surface area contributed by atoms with Crippen molar-refractivity contribution >= 4 is 17.7 Å². The normalized spacial score (nSPS) is 21.0. The SMILES string of the molecule is CC(C)[C@H]1CN(C(=O)[C@H](N)Cc2ccccc2)CCS1. The molecule has 1 heterocycles. The molecule has 3 nitrogen and oxygen atoms in total. The van der Waals surface area contributed by atoms with Crippen molar-refractivity contribution in [2.24, 2.45) is 11.7 Å². The first-order valence-corrected chi connectivity index (χ1v) is 8.32. The summed E-state index contributed by atoms with van der Waals surface area (Å²) in [5.74, 6) is 1.72. The van der Waals surface area contributed by atoms with Crippen molar-refractivity contribution in [3.05, 3.63) is 35.9 Å². The number of nitrogens with two attached hydrogens (primary N) is 1. The third kappa shape index (κ3) is 4.00. The molecule has 1 aliphatic rings. The summed E-state index contributed by atoms with van der Waals surface area (Å²) >= 11 is 1.97. The first-order valence-electron chi connectivity index (χ1n) is 7.28. The lowest BCUT2D eigenvalue weighted by Crippen LogP contribution is -2.50. The second kappa shape index (κ2) is 7.14. The van der Waals surface area contributed by atoms with Crippen LogP contribution in [-0.2, 0) is 11.2 Å². The molecule has 0 aromatic heterocycles. The molecule has 2 N–H and O–H groups in total. The van der Waals surface area contributed by atoms with Crippen molar-refractivity contribution in [3.8, 4) is 0 Å². The van der Waals surface area contributed by atoms with E-state index in [4.69, 9.17) is 5.73 Å². The van der Waals surface area contributed by atoms with Crippen LogP contribution in [0.5, 0.6) is 0 Å². The lowest BCUT2D eigenvalue weighted by atomic mass is 10.0. The number of thioether (sulfide) groups is 1. The van der Waals surface area contributed by atoms with E-state index in [1.165, 1.54) is 0 Å². The fraction of sp³-hybridized carbons (Fsp3) is 0.562. The molecule has 0 radical (unpaired) electrons. The van der Waals surface area contributed by atoms with Gasteiger partial charge in [-0.2, -0.15) is 11.8 Å². The third-order valence-corrected chi connectivity index (χ3v) is 5.30. The monoisotopic (exact) mass is 292 g/mol. The number of carbonyl (C=O) groups is 1. The van der Waals surface area contributed by atoms with E-state index < -0.39 is 6.04 Å². The molecule has 0 unspecified atom stereocenters. The molecular weight excluding hydrogens is 268 g/mol. The Bertz CT molecular complexity index is 435. The summed E-state index contributed by atoms with van der Waals surface area (Å²) in [4.78, 5) is 14.4. The average Bonchev–Trinajstić information content (AvgIpc) is 2.47. The quantitative estimate of drug-likeness (QED) is 0.925. The Balaban J connectivity index is 1.93. The maximum Gasteiger partial charge on any atom is 0.239 e. The number of benzene rings is 1. The van der Waals surface area contributed by atoms with Gasteiger partial charge >= 0.3 is 0 Å². The van der Waals surface area contributed by atoms with E-state index in [0.29, 0.717) is 17.6 Å². The van der Waals surface area contributed by atoms with Gasteiger partial charge in [0.05, 0.1) is 6.04 Å². The van der Waals surface area contributed by atoms with Gasteiger partial charge in [0.2, 0.25) is 5.91 Å². The van der Waals surface area contributed by atoms with Gasteiger partial charge in [-0.1, -0.05) is 44.2 Å². The minimum absolute atomic E-state index is 0.0970. The topological polar surface area (TPSA) is 46.3 Å². The maximum atomic E-state index is 12.5. The summed E-state index contributed by atoms with van der Waals surface area (Å²) in [7, 11) is 0. The van der Waals surface area contributed by atoms with Gasteiger partial charge in [0, 0.05) is 24.1 Å². The summed E-state index contributed by atoms with van der Waals surface area (Å²) in [5.41, 5.74) is 7.23. The highest BCUT2D eigenvalue weighted by molar-refractivity contribution is 8.00. The molecule has 1 amide bonds. The van der Waals surface area contributed by atoms with E-state index in [0.717, 1.165) is 24.4 Å². The van der Waals surface area contributed by atoms with Crippen LogP contribution in [0.25, 0.3) is 0 Å². The van der Waals surface area contributed by atoms with E-state index in [9.17, 15) is 4.79 Å². The summed E-state index contributed by atoms with van der Waals surface area (Å²) in [5, 5.41) is 0.539. The van der Waals surface area contributed by atoms with E-state index in [1.54, 1.807) is 0 Å². The van der Waals surface area contributed by atoms with E-state index in [-0.39, 0.29) is 5.91 Å². The zero-order valence-electron chi connectivity index (χ0n) is 12.3. The zero-order valence-corrected chi connectivity index (χ0v) is 13.1. The van der Waals surface area contributed by atoms with Crippen molar-refractivity contribution in [2.75, 3.05) is 18.8 Å². The molecule has 1 aliphatic heterocycles. The summed E-state index contributed by atoms with van der Waals surface area (Å²) in [6.07, 6.45) is 0.621. The average molecular weight is 292 g/mol. The molecule has 0 bridgehead atoms. The van der Waals surface area contributed by atoms with Crippen LogP contribution in [0.2, 0.25) is 0 Å². The third-order valence-electron chi connectivity index (χ3n) is 3.76. The number of amides is 1. The predicted octanol–water partition coefficient (Wildman–Crippen LogP) is 2.16. The van der Waals surface area contributed by atoms with Crippen molar-refractivity contribution in [1.82, 2.24) is 4.90 Å². The van der Waals surface area contributed by atoms with Crippen LogP contribution in [0.3, 0.4) is 0 Å². The van der Waals surface area contributed by atoms with Crippen LogP contribution in [0, 0.1) is 5.92 Å². The minimum atomic E-state index is -0.423. The Morgan fingerprint density at radius 3 is 2.75 bits per heavy atom. The molecule has 0 aliphatic carbocycles. The zero-order chi connectivity index (χ0) is 14.5. The molecule has 4 heteroatoms.